The Balaban J connectivity index is 2.11. The smallest absolute Gasteiger partial charge is 0.501 e. The molecule has 0 saturated carbocycles. The van der Waals surface area contributed by atoms with Crippen molar-refractivity contribution >= 4 is 33.0 Å². The van der Waals surface area contributed by atoms with Gasteiger partial charge in [0.1, 0.15) is 5.75 Å². The Morgan fingerprint density at radius 2 is 1.73 bits per heavy atom. The van der Waals surface area contributed by atoms with Crippen molar-refractivity contribution in [2.75, 3.05) is 5.32 Å². The van der Waals surface area contributed by atoms with Gasteiger partial charge in [-0.25, -0.2) is 8.42 Å². The molecule has 0 aliphatic carbocycles. The molecular weight excluding hydrogens is 395 g/mol. The number of hydrogen-bond acceptors (Lipinski definition) is 4. The van der Waals surface area contributed by atoms with Gasteiger partial charge in [-0.05, 0) is 42.3 Å². The summed E-state index contributed by atoms with van der Waals surface area (Å²) in [7, 11) is -5.63. The molecule has 0 saturated heterocycles. The van der Waals surface area contributed by atoms with Crippen LogP contribution in [0.5, 0.6) is 5.75 Å². The molecule has 2 aromatic rings. The minimum absolute atomic E-state index is 0.00869. The fourth-order valence-electron chi connectivity index (χ4n) is 2.06. The molecule has 5 nitrogen and oxygen atoms in total. The summed E-state index contributed by atoms with van der Waals surface area (Å²) in [5, 5.41) is 10.9. The Bertz CT molecular complexity index is 912. The lowest BCUT2D eigenvalue weighted by molar-refractivity contribution is -0.116. The van der Waals surface area contributed by atoms with Gasteiger partial charge in [0, 0.05) is 12.1 Å². The van der Waals surface area contributed by atoms with Crippen LogP contribution >= 0.6 is 11.6 Å². The lowest BCUT2D eigenvalue weighted by Gasteiger charge is -2.12. The fourth-order valence-corrected chi connectivity index (χ4v) is 3.33. The third-order valence-corrected chi connectivity index (χ3v) is 5.35. The number of anilines is 1. The van der Waals surface area contributed by atoms with E-state index in [0.717, 1.165) is 11.6 Å². The number of hydrogen-bond donors (Lipinski definition) is 2. The molecule has 2 N–H and O–H groups in total. The van der Waals surface area contributed by atoms with Crippen molar-refractivity contribution in [3.05, 3.63) is 53.1 Å². The summed E-state index contributed by atoms with van der Waals surface area (Å²) < 4.78 is 61.1. The summed E-state index contributed by atoms with van der Waals surface area (Å²) in [4.78, 5) is 10.8. The molecule has 0 aromatic heterocycles. The summed E-state index contributed by atoms with van der Waals surface area (Å²) in [5.74, 6) is -0.437. The van der Waals surface area contributed by atoms with Crippen LogP contribution in [0.4, 0.5) is 18.9 Å². The summed E-state index contributed by atoms with van der Waals surface area (Å²) in [5.41, 5.74) is -4.85. The Kier molecular flexibility index (Phi) is 5.82. The molecule has 0 aliphatic heterocycles. The summed E-state index contributed by atoms with van der Waals surface area (Å²) in [6.07, 6.45) is 0.335. The molecule has 0 unspecified atom stereocenters. The molecular formula is C16H13ClF3NO4S. The van der Waals surface area contributed by atoms with Gasteiger partial charge in [0.25, 0.3) is 9.84 Å². The third kappa shape index (κ3) is 4.67. The first kappa shape index (κ1) is 20.1. The van der Waals surface area contributed by atoms with Crippen molar-refractivity contribution in [1.29, 1.82) is 0 Å². The van der Waals surface area contributed by atoms with E-state index >= 15 is 0 Å². The predicted molar refractivity (Wildman–Crippen MR) is 89.8 cm³/mol. The van der Waals surface area contributed by atoms with Gasteiger partial charge in [-0.1, -0.05) is 23.7 Å². The van der Waals surface area contributed by atoms with E-state index < -0.39 is 31.2 Å². The minimum Gasteiger partial charge on any atom is -0.508 e. The maximum atomic E-state index is 12.7. The number of carbonyl (C=O) groups excluding carboxylic acids is 1. The quantitative estimate of drug-likeness (QED) is 0.787. The minimum atomic E-state index is -5.63. The normalized spacial score (nSPS) is 12.0. The van der Waals surface area contributed by atoms with Gasteiger partial charge in [-0.2, -0.15) is 13.2 Å². The van der Waals surface area contributed by atoms with E-state index in [1.165, 1.54) is 18.2 Å². The lowest BCUT2D eigenvalue weighted by Crippen LogP contribution is -2.24. The Labute approximate surface area is 152 Å². The zero-order chi connectivity index (χ0) is 19.5. The van der Waals surface area contributed by atoms with Crippen molar-refractivity contribution in [3.63, 3.8) is 0 Å². The first-order valence-electron chi connectivity index (χ1n) is 7.19. The molecule has 0 spiro atoms. The van der Waals surface area contributed by atoms with Crippen LogP contribution in [-0.4, -0.2) is 24.9 Å². The van der Waals surface area contributed by atoms with Gasteiger partial charge in [-0.3, -0.25) is 4.79 Å². The highest BCUT2D eigenvalue weighted by Crippen LogP contribution is 2.35. The molecule has 0 atom stereocenters. The van der Waals surface area contributed by atoms with Crippen molar-refractivity contribution in [1.82, 2.24) is 0 Å². The van der Waals surface area contributed by atoms with E-state index in [1.54, 1.807) is 12.1 Å². The number of carbonyl (C=O) groups is 1. The molecule has 140 valence electrons. The van der Waals surface area contributed by atoms with Gasteiger partial charge in [0.15, 0.2) is 0 Å². The molecule has 0 bridgehead atoms. The number of rotatable bonds is 5. The average Bonchev–Trinajstić information content (AvgIpc) is 2.55. The van der Waals surface area contributed by atoms with Gasteiger partial charge >= 0.3 is 5.51 Å². The number of amides is 1. The Hall–Kier alpha value is -2.26. The molecule has 0 radical (unpaired) electrons. The number of phenols is 1. The maximum absolute atomic E-state index is 12.7. The van der Waals surface area contributed by atoms with E-state index in [-0.39, 0.29) is 17.9 Å². The Morgan fingerprint density at radius 1 is 1.12 bits per heavy atom. The monoisotopic (exact) mass is 407 g/mol. The van der Waals surface area contributed by atoms with Crippen molar-refractivity contribution in [3.8, 4) is 5.75 Å². The van der Waals surface area contributed by atoms with E-state index in [1.807, 2.05) is 0 Å². The average molecular weight is 408 g/mol. The van der Waals surface area contributed by atoms with E-state index in [9.17, 15) is 31.5 Å². The number of sulfone groups is 1. The molecule has 2 rings (SSSR count). The van der Waals surface area contributed by atoms with Crippen LogP contribution in [0.15, 0.2) is 47.4 Å². The van der Waals surface area contributed by atoms with E-state index in [2.05, 4.69) is 5.32 Å². The molecule has 26 heavy (non-hydrogen) atoms. The van der Waals surface area contributed by atoms with Gasteiger partial charge < -0.3 is 10.4 Å². The molecule has 1 amide bonds. The van der Waals surface area contributed by atoms with Crippen molar-refractivity contribution < 1.29 is 31.5 Å². The number of benzene rings is 2. The third-order valence-electron chi connectivity index (χ3n) is 3.39. The van der Waals surface area contributed by atoms with E-state index in [0.29, 0.717) is 12.5 Å². The highest BCUT2D eigenvalue weighted by Gasteiger charge is 2.48. The van der Waals surface area contributed by atoms with Crippen LogP contribution in [0.2, 0.25) is 5.02 Å². The van der Waals surface area contributed by atoms with Gasteiger partial charge in [0.2, 0.25) is 5.91 Å². The van der Waals surface area contributed by atoms with Crippen LogP contribution in [0, 0.1) is 0 Å². The number of aryl methyl sites for hydroxylation is 1. The van der Waals surface area contributed by atoms with Crippen LogP contribution in [0.3, 0.4) is 0 Å². The second-order valence-electron chi connectivity index (χ2n) is 5.31. The highest BCUT2D eigenvalue weighted by atomic mass is 35.5. The predicted octanol–water partition coefficient (Wildman–Crippen LogP) is 3.91. The summed E-state index contributed by atoms with van der Waals surface area (Å²) in [6, 6.07) is 9.01. The fraction of sp³-hybridized carbons (Fsp3) is 0.188. The van der Waals surface area contributed by atoms with Crippen molar-refractivity contribution in [2.45, 2.75) is 23.2 Å². The Morgan fingerprint density at radius 3 is 2.31 bits per heavy atom. The summed E-state index contributed by atoms with van der Waals surface area (Å²) >= 11 is 5.56. The molecule has 0 fully saturated rings. The van der Waals surface area contributed by atoms with E-state index in [4.69, 9.17) is 11.6 Å². The van der Waals surface area contributed by atoms with Crippen LogP contribution < -0.4 is 5.32 Å². The molecule has 0 heterocycles. The topological polar surface area (TPSA) is 83.5 Å². The number of nitrogens with one attached hydrogen (secondary N) is 1. The van der Waals surface area contributed by atoms with Crippen molar-refractivity contribution in [2.24, 2.45) is 0 Å². The van der Waals surface area contributed by atoms with Crippen LogP contribution in [-0.2, 0) is 21.1 Å². The standard InChI is InChI=1S/C16H13ClF3NO4S/c17-13-7-4-11(9-14(13)26(24,25)16(18,19)20)21-15(23)8-3-10-1-5-12(22)6-2-10/h1-2,4-7,9,22H,3,8H2,(H,21,23). The van der Waals surface area contributed by atoms with Crippen LogP contribution in [0.1, 0.15) is 12.0 Å². The number of phenolic OH excluding ortho intramolecular Hbond substituents is 1. The number of aromatic hydroxyl groups is 1. The summed E-state index contributed by atoms with van der Waals surface area (Å²) in [6.45, 7) is 0. The second-order valence-corrected chi connectivity index (χ2v) is 7.63. The van der Waals surface area contributed by atoms with Gasteiger partial charge in [0.05, 0.1) is 9.92 Å². The number of alkyl halides is 3. The zero-order valence-corrected chi connectivity index (χ0v) is 14.6. The lowest BCUT2D eigenvalue weighted by atomic mass is 10.1. The SMILES string of the molecule is O=C(CCc1ccc(O)cc1)Nc1ccc(Cl)c(S(=O)(=O)C(F)(F)F)c1. The molecule has 0 aliphatic rings. The van der Waals surface area contributed by atoms with Gasteiger partial charge in [-0.15, -0.1) is 0 Å². The molecule has 10 heteroatoms. The largest absolute Gasteiger partial charge is 0.508 e. The zero-order valence-electron chi connectivity index (χ0n) is 13.0. The molecule has 2 aromatic carbocycles. The number of halogens is 4. The highest BCUT2D eigenvalue weighted by molar-refractivity contribution is 7.92. The second kappa shape index (κ2) is 7.55. The maximum Gasteiger partial charge on any atom is 0.501 e. The first-order valence-corrected chi connectivity index (χ1v) is 9.05. The van der Waals surface area contributed by atoms with Crippen LogP contribution in [0.25, 0.3) is 0 Å². The first-order chi connectivity index (χ1) is 12.0.